The number of piperidine rings is 1. The van der Waals surface area contributed by atoms with Crippen molar-refractivity contribution in [3.63, 3.8) is 0 Å². The van der Waals surface area contributed by atoms with Crippen LogP contribution in [0.2, 0.25) is 0 Å². The number of nitrogens with zero attached hydrogens (tertiary/aromatic N) is 2. The summed E-state index contributed by atoms with van der Waals surface area (Å²) in [5.41, 5.74) is 0. The summed E-state index contributed by atoms with van der Waals surface area (Å²) in [7, 11) is 0. The molecule has 4 heteroatoms. The first-order valence-corrected chi connectivity index (χ1v) is 8.38. The fraction of sp³-hybridized carbons (Fsp3) is 0.938. The number of ether oxygens (including phenoxy) is 1. The van der Waals surface area contributed by atoms with Crippen molar-refractivity contribution in [3.8, 4) is 0 Å². The van der Waals surface area contributed by atoms with E-state index in [0.29, 0.717) is 0 Å². The fourth-order valence-electron chi connectivity index (χ4n) is 2.35. The van der Waals surface area contributed by atoms with Crippen LogP contribution < -0.4 is 5.32 Å². The van der Waals surface area contributed by atoms with E-state index in [4.69, 9.17) is 9.73 Å². The smallest absolute Gasteiger partial charge is 0.193 e. The normalized spacial score (nSPS) is 17.6. The van der Waals surface area contributed by atoms with Crippen molar-refractivity contribution in [1.82, 2.24) is 10.2 Å². The lowest BCUT2D eigenvalue weighted by Crippen LogP contribution is -2.45. The lowest BCUT2D eigenvalue weighted by Gasteiger charge is -2.33. The molecule has 1 fully saturated rings. The van der Waals surface area contributed by atoms with Crippen LogP contribution in [0.3, 0.4) is 0 Å². The molecule has 0 atom stereocenters. The molecule has 0 amide bonds. The first kappa shape index (κ1) is 17.3. The molecule has 1 aliphatic rings. The second-order valence-electron chi connectivity index (χ2n) is 5.72. The van der Waals surface area contributed by atoms with Gasteiger partial charge in [0.1, 0.15) is 0 Å². The molecule has 0 aromatic rings. The molecule has 1 saturated heterocycles. The zero-order valence-corrected chi connectivity index (χ0v) is 13.7. The molecule has 0 spiro atoms. The van der Waals surface area contributed by atoms with Gasteiger partial charge in [0.05, 0.1) is 0 Å². The van der Waals surface area contributed by atoms with E-state index in [2.05, 4.69) is 31.0 Å². The van der Waals surface area contributed by atoms with Crippen molar-refractivity contribution < 1.29 is 4.74 Å². The van der Waals surface area contributed by atoms with Crippen LogP contribution in [0.15, 0.2) is 4.99 Å². The van der Waals surface area contributed by atoms with Gasteiger partial charge in [0, 0.05) is 39.4 Å². The van der Waals surface area contributed by atoms with Gasteiger partial charge in [-0.15, -0.1) is 0 Å². The Morgan fingerprint density at radius 1 is 1.20 bits per heavy atom. The van der Waals surface area contributed by atoms with Gasteiger partial charge in [0.15, 0.2) is 5.96 Å². The molecule has 0 aromatic heterocycles. The first-order chi connectivity index (χ1) is 9.77. The van der Waals surface area contributed by atoms with E-state index >= 15 is 0 Å². The summed E-state index contributed by atoms with van der Waals surface area (Å²) in [4.78, 5) is 7.14. The van der Waals surface area contributed by atoms with Crippen LogP contribution in [0, 0.1) is 5.92 Å². The Labute approximate surface area is 125 Å². The van der Waals surface area contributed by atoms with Crippen LogP contribution in [-0.4, -0.2) is 50.3 Å². The van der Waals surface area contributed by atoms with Crippen molar-refractivity contribution in [2.75, 3.05) is 39.4 Å². The zero-order valence-electron chi connectivity index (χ0n) is 13.7. The van der Waals surface area contributed by atoms with Gasteiger partial charge >= 0.3 is 0 Å². The predicted molar refractivity (Wildman–Crippen MR) is 86.3 cm³/mol. The van der Waals surface area contributed by atoms with E-state index in [-0.39, 0.29) is 0 Å². The molecule has 1 heterocycles. The van der Waals surface area contributed by atoms with Gasteiger partial charge in [-0.3, -0.25) is 4.99 Å². The molecule has 0 aliphatic carbocycles. The largest absolute Gasteiger partial charge is 0.381 e. The molecular weight excluding hydrogens is 250 g/mol. The average molecular weight is 283 g/mol. The van der Waals surface area contributed by atoms with Gasteiger partial charge in [-0.05, 0) is 38.5 Å². The SMILES string of the molecule is CCCCOCCCN=C(NCC)N1CCC(C)CC1. The Kier molecular flexibility index (Phi) is 9.46. The molecule has 4 nitrogen and oxygen atoms in total. The second kappa shape index (κ2) is 11.0. The fourth-order valence-corrected chi connectivity index (χ4v) is 2.35. The molecule has 118 valence electrons. The van der Waals surface area contributed by atoms with Gasteiger partial charge < -0.3 is 15.0 Å². The van der Waals surface area contributed by atoms with Crippen molar-refractivity contribution in [2.45, 2.75) is 52.9 Å². The third-order valence-electron chi connectivity index (χ3n) is 3.77. The van der Waals surface area contributed by atoms with Crippen molar-refractivity contribution in [2.24, 2.45) is 10.9 Å². The molecule has 20 heavy (non-hydrogen) atoms. The number of hydrogen-bond acceptors (Lipinski definition) is 2. The Balaban J connectivity index is 2.24. The Morgan fingerprint density at radius 2 is 1.90 bits per heavy atom. The quantitative estimate of drug-likeness (QED) is 0.423. The standard InChI is InChI=1S/C16H33N3O/c1-4-6-13-20-14-7-10-18-16(17-5-2)19-11-8-15(3)9-12-19/h15H,4-14H2,1-3H3,(H,17,18). The zero-order chi connectivity index (χ0) is 14.6. The summed E-state index contributed by atoms with van der Waals surface area (Å²) in [6, 6.07) is 0. The summed E-state index contributed by atoms with van der Waals surface area (Å²) >= 11 is 0. The molecule has 1 N–H and O–H groups in total. The minimum absolute atomic E-state index is 0.833. The minimum Gasteiger partial charge on any atom is -0.381 e. The minimum atomic E-state index is 0.833. The lowest BCUT2D eigenvalue weighted by atomic mass is 10.00. The van der Waals surface area contributed by atoms with E-state index in [9.17, 15) is 0 Å². The van der Waals surface area contributed by atoms with E-state index < -0.39 is 0 Å². The Hall–Kier alpha value is -0.770. The van der Waals surface area contributed by atoms with E-state index in [1.54, 1.807) is 0 Å². The average Bonchev–Trinajstić information content (AvgIpc) is 2.46. The summed E-state index contributed by atoms with van der Waals surface area (Å²) in [6.45, 7) is 12.5. The summed E-state index contributed by atoms with van der Waals surface area (Å²) < 4.78 is 5.57. The lowest BCUT2D eigenvalue weighted by molar-refractivity contribution is 0.130. The number of nitrogens with one attached hydrogen (secondary N) is 1. The number of guanidine groups is 1. The summed E-state index contributed by atoms with van der Waals surface area (Å²) in [5, 5.41) is 3.41. The monoisotopic (exact) mass is 283 g/mol. The number of rotatable bonds is 8. The second-order valence-corrected chi connectivity index (χ2v) is 5.72. The van der Waals surface area contributed by atoms with Crippen LogP contribution >= 0.6 is 0 Å². The van der Waals surface area contributed by atoms with E-state index in [1.165, 1.54) is 19.3 Å². The Bertz CT molecular complexity index is 260. The van der Waals surface area contributed by atoms with Crippen LogP contribution in [0.25, 0.3) is 0 Å². The van der Waals surface area contributed by atoms with Crippen molar-refractivity contribution >= 4 is 5.96 Å². The number of unbranched alkanes of at least 4 members (excludes halogenated alkanes) is 1. The molecule has 0 saturated carbocycles. The maximum Gasteiger partial charge on any atom is 0.193 e. The maximum atomic E-state index is 5.57. The number of likely N-dealkylation sites (tertiary alicyclic amines) is 1. The summed E-state index contributed by atoms with van der Waals surface area (Å²) in [5.74, 6) is 1.95. The molecule has 1 aliphatic heterocycles. The highest BCUT2D eigenvalue weighted by molar-refractivity contribution is 5.80. The van der Waals surface area contributed by atoms with Crippen LogP contribution in [0.4, 0.5) is 0 Å². The number of hydrogen-bond donors (Lipinski definition) is 1. The summed E-state index contributed by atoms with van der Waals surface area (Å²) in [6.07, 6.45) is 5.95. The van der Waals surface area contributed by atoms with Gasteiger partial charge in [-0.25, -0.2) is 0 Å². The Morgan fingerprint density at radius 3 is 2.55 bits per heavy atom. The van der Waals surface area contributed by atoms with Gasteiger partial charge in [-0.2, -0.15) is 0 Å². The van der Waals surface area contributed by atoms with Crippen LogP contribution in [-0.2, 0) is 4.74 Å². The predicted octanol–water partition coefficient (Wildman–Crippen LogP) is 2.89. The van der Waals surface area contributed by atoms with Crippen LogP contribution in [0.1, 0.15) is 52.9 Å². The highest BCUT2D eigenvalue weighted by Crippen LogP contribution is 2.15. The topological polar surface area (TPSA) is 36.9 Å². The molecule has 0 aromatic carbocycles. The molecule has 0 unspecified atom stereocenters. The van der Waals surface area contributed by atoms with E-state index in [1.807, 2.05) is 0 Å². The highest BCUT2D eigenvalue weighted by Gasteiger charge is 2.18. The third kappa shape index (κ3) is 7.13. The van der Waals surface area contributed by atoms with Gasteiger partial charge in [0.2, 0.25) is 0 Å². The van der Waals surface area contributed by atoms with Gasteiger partial charge in [-0.1, -0.05) is 20.3 Å². The van der Waals surface area contributed by atoms with Crippen molar-refractivity contribution in [1.29, 1.82) is 0 Å². The first-order valence-electron chi connectivity index (χ1n) is 8.38. The molecule has 1 rings (SSSR count). The number of aliphatic imine (C=N–C) groups is 1. The highest BCUT2D eigenvalue weighted by atomic mass is 16.5. The van der Waals surface area contributed by atoms with Crippen molar-refractivity contribution in [3.05, 3.63) is 0 Å². The third-order valence-corrected chi connectivity index (χ3v) is 3.77. The molecule has 0 bridgehead atoms. The molecular formula is C16H33N3O. The molecule has 0 radical (unpaired) electrons. The van der Waals surface area contributed by atoms with Crippen LogP contribution in [0.5, 0.6) is 0 Å². The van der Waals surface area contributed by atoms with E-state index in [0.717, 1.165) is 64.1 Å². The van der Waals surface area contributed by atoms with Gasteiger partial charge in [0.25, 0.3) is 0 Å². The maximum absolute atomic E-state index is 5.57.